The Morgan fingerprint density at radius 1 is 1.33 bits per heavy atom. The van der Waals surface area contributed by atoms with Crippen LogP contribution < -0.4 is 15.6 Å². The fraction of sp³-hybridized carbons (Fsp3) is 0.588. The first-order valence-electron chi connectivity index (χ1n) is 7.50. The maximum Gasteiger partial charge on any atom is 0.265 e. The third-order valence-corrected chi connectivity index (χ3v) is 3.73. The number of benzene rings is 1. The molecule has 1 rings (SSSR count). The minimum Gasteiger partial charge on any atom is -0.496 e. The number of carbonyl (C=O) groups is 1. The number of hydrogen-bond donors (Lipinski definition) is 2. The van der Waals surface area contributed by atoms with Gasteiger partial charge in [0.2, 0.25) is 0 Å². The minimum atomic E-state index is -0.128. The Morgan fingerprint density at radius 2 is 2.00 bits per heavy atom. The summed E-state index contributed by atoms with van der Waals surface area (Å²) in [5.74, 6) is 0.598. The van der Waals surface area contributed by atoms with Gasteiger partial charge in [-0.2, -0.15) is 0 Å². The number of amides is 1. The average molecular weight is 292 g/mol. The molecule has 21 heavy (non-hydrogen) atoms. The van der Waals surface area contributed by atoms with E-state index in [-0.39, 0.29) is 17.4 Å². The zero-order valence-electron chi connectivity index (χ0n) is 14.0. The molecule has 0 radical (unpaired) electrons. The van der Waals surface area contributed by atoms with Crippen molar-refractivity contribution in [3.63, 3.8) is 0 Å². The second-order valence-electron chi connectivity index (χ2n) is 6.44. The number of carbonyl (C=O) groups excluding carboxylic acids is 1. The first kappa shape index (κ1) is 17.5. The third-order valence-electron chi connectivity index (χ3n) is 3.73. The summed E-state index contributed by atoms with van der Waals surface area (Å²) in [7, 11) is 1.61. The predicted molar refractivity (Wildman–Crippen MR) is 86.5 cm³/mol. The van der Waals surface area contributed by atoms with Gasteiger partial charge in [-0.15, -0.1) is 0 Å². The SMILES string of the molecule is CCCC(NNC(=O)c1cccc(OC)c1C)C(C)(C)C. The van der Waals surface area contributed by atoms with Gasteiger partial charge in [0.05, 0.1) is 7.11 Å². The molecule has 4 nitrogen and oxygen atoms in total. The van der Waals surface area contributed by atoms with Gasteiger partial charge in [-0.25, -0.2) is 5.43 Å². The van der Waals surface area contributed by atoms with Crippen molar-refractivity contribution in [2.24, 2.45) is 5.41 Å². The van der Waals surface area contributed by atoms with E-state index in [0.717, 1.165) is 24.2 Å². The summed E-state index contributed by atoms with van der Waals surface area (Å²) in [6.45, 7) is 10.5. The van der Waals surface area contributed by atoms with E-state index in [1.165, 1.54) is 0 Å². The highest BCUT2D eigenvalue weighted by Gasteiger charge is 2.24. The Kier molecular flexibility index (Phi) is 6.21. The molecular formula is C17H28N2O2. The molecule has 0 heterocycles. The monoisotopic (exact) mass is 292 g/mol. The van der Waals surface area contributed by atoms with E-state index < -0.39 is 0 Å². The molecule has 0 aliphatic carbocycles. The van der Waals surface area contributed by atoms with Gasteiger partial charge in [0.15, 0.2) is 0 Å². The molecule has 0 aromatic heterocycles. The zero-order chi connectivity index (χ0) is 16.0. The van der Waals surface area contributed by atoms with Gasteiger partial charge in [-0.1, -0.05) is 40.2 Å². The van der Waals surface area contributed by atoms with E-state index in [1.54, 1.807) is 13.2 Å². The molecule has 4 heteroatoms. The lowest BCUT2D eigenvalue weighted by Gasteiger charge is -2.31. The van der Waals surface area contributed by atoms with Crippen molar-refractivity contribution < 1.29 is 9.53 Å². The highest BCUT2D eigenvalue weighted by Crippen LogP contribution is 2.23. The Hall–Kier alpha value is -1.55. The van der Waals surface area contributed by atoms with Gasteiger partial charge < -0.3 is 4.74 Å². The maximum atomic E-state index is 12.3. The normalized spacial score (nSPS) is 12.9. The van der Waals surface area contributed by atoms with Crippen LogP contribution in [0.4, 0.5) is 0 Å². The fourth-order valence-corrected chi connectivity index (χ4v) is 2.31. The molecule has 0 saturated carbocycles. The van der Waals surface area contributed by atoms with Crippen molar-refractivity contribution in [1.82, 2.24) is 10.9 Å². The number of methoxy groups -OCH3 is 1. The number of hydrogen-bond acceptors (Lipinski definition) is 3. The number of rotatable bonds is 6. The van der Waals surface area contributed by atoms with Gasteiger partial charge in [0.25, 0.3) is 5.91 Å². The highest BCUT2D eigenvalue weighted by molar-refractivity contribution is 5.95. The van der Waals surface area contributed by atoms with Crippen molar-refractivity contribution in [1.29, 1.82) is 0 Å². The van der Waals surface area contributed by atoms with E-state index in [4.69, 9.17) is 4.74 Å². The van der Waals surface area contributed by atoms with Crippen molar-refractivity contribution in [3.05, 3.63) is 29.3 Å². The summed E-state index contributed by atoms with van der Waals surface area (Å²) >= 11 is 0. The highest BCUT2D eigenvalue weighted by atomic mass is 16.5. The molecule has 2 N–H and O–H groups in total. The largest absolute Gasteiger partial charge is 0.496 e. The number of ether oxygens (including phenoxy) is 1. The lowest BCUT2D eigenvalue weighted by Crippen LogP contribution is -2.50. The van der Waals surface area contributed by atoms with Crippen LogP contribution in [-0.2, 0) is 0 Å². The molecule has 0 saturated heterocycles. The van der Waals surface area contributed by atoms with E-state index >= 15 is 0 Å². The quantitative estimate of drug-likeness (QED) is 0.790. The lowest BCUT2D eigenvalue weighted by atomic mass is 9.84. The molecule has 1 unspecified atom stereocenters. The van der Waals surface area contributed by atoms with Crippen LogP contribution in [0.1, 0.15) is 56.5 Å². The fourth-order valence-electron chi connectivity index (χ4n) is 2.31. The summed E-state index contributed by atoms with van der Waals surface area (Å²) in [5.41, 5.74) is 7.59. The van der Waals surface area contributed by atoms with Gasteiger partial charge >= 0.3 is 0 Å². The summed E-state index contributed by atoms with van der Waals surface area (Å²) in [6, 6.07) is 5.72. The second kappa shape index (κ2) is 7.46. The van der Waals surface area contributed by atoms with E-state index in [9.17, 15) is 4.79 Å². The molecule has 0 spiro atoms. The van der Waals surface area contributed by atoms with Gasteiger partial charge in [0.1, 0.15) is 5.75 Å². The summed E-state index contributed by atoms with van der Waals surface area (Å²) in [5, 5.41) is 0. The molecule has 1 aromatic carbocycles. The lowest BCUT2D eigenvalue weighted by molar-refractivity contribution is 0.0903. The molecule has 0 bridgehead atoms. The van der Waals surface area contributed by atoms with Crippen LogP contribution >= 0.6 is 0 Å². The Bertz CT molecular complexity index is 478. The zero-order valence-corrected chi connectivity index (χ0v) is 14.0. The minimum absolute atomic E-state index is 0.0900. The summed E-state index contributed by atoms with van der Waals surface area (Å²) in [4.78, 5) is 12.3. The van der Waals surface area contributed by atoms with E-state index in [1.807, 2.05) is 19.1 Å². The predicted octanol–water partition coefficient (Wildman–Crippen LogP) is 3.45. The topological polar surface area (TPSA) is 50.4 Å². The summed E-state index contributed by atoms with van der Waals surface area (Å²) < 4.78 is 5.25. The molecule has 1 aromatic rings. The van der Waals surface area contributed by atoms with Crippen molar-refractivity contribution >= 4 is 5.91 Å². The van der Waals surface area contributed by atoms with Crippen molar-refractivity contribution in [2.75, 3.05) is 7.11 Å². The Morgan fingerprint density at radius 3 is 2.52 bits per heavy atom. The first-order valence-corrected chi connectivity index (χ1v) is 7.50. The number of hydrazine groups is 1. The van der Waals surface area contributed by atoms with E-state index in [0.29, 0.717) is 5.56 Å². The van der Waals surface area contributed by atoms with Gasteiger partial charge in [-0.3, -0.25) is 10.2 Å². The number of nitrogens with one attached hydrogen (secondary N) is 2. The van der Waals surface area contributed by atoms with Crippen LogP contribution in [0, 0.1) is 12.3 Å². The second-order valence-corrected chi connectivity index (χ2v) is 6.44. The average Bonchev–Trinajstić information content (AvgIpc) is 2.42. The van der Waals surface area contributed by atoms with Crippen molar-refractivity contribution in [3.8, 4) is 5.75 Å². The smallest absolute Gasteiger partial charge is 0.265 e. The molecule has 1 atom stereocenters. The van der Waals surface area contributed by atoms with Crippen LogP contribution in [0.15, 0.2) is 18.2 Å². The van der Waals surface area contributed by atoms with E-state index in [2.05, 4.69) is 38.5 Å². The summed E-state index contributed by atoms with van der Waals surface area (Å²) in [6.07, 6.45) is 2.09. The van der Waals surface area contributed by atoms with Crippen LogP contribution in [0.3, 0.4) is 0 Å². The molecular weight excluding hydrogens is 264 g/mol. The van der Waals surface area contributed by atoms with Gasteiger partial charge in [0, 0.05) is 17.2 Å². The molecule has 0 aliphatic heterocycles. The van der Waals surface area contributed by atoms with Crippen LogP contribution in [0.25, 0.3) is 0 Å². The third kappa shape index (κ3) is 4.74. The van der Waals surface area contributed by atoms with Gasteiger partial charge in [-0.05, 0) is 30.9 Å². The molecule has 1 amide bonds. The molecule has 0 aliphatic rings. The Balaban J connectivity index is 2.77. The molecule has 118 valence electrons. The Labute approximate surface area is 128 Å². The first-order chi connectivity index (χ1) is 9.81. The van der Waals surface area contributed by atoms with Crippen LogP contribution in [-0.4, -0.2) is 19.1 Å². The van der Waals surface area contributed by atoms with Crippen LogP contribution in [0.5, 0.6) is 5.75 Å². The standard InChI is InChI=1S/C17H28N2O2/c1-7-9-15(17(3,4)5)18-19-16(20)13-10-8-11-14(21-6)12(13)2/h8,10-11,15,18H,7,9H2,1-6H3,(H,19,20). The molecule has 0 fully saturated rings. The maximum absolute atomic E-state index is 12.3. The van der Waals surface area contributed by atoms with Crippen LogP contribution in [0.2, 0.25) is 0 Å². The van der Waals surface area contributed by atoms with Crippen molar-refractivity contribution in [2.45, 2.75) is 53.5 Å².